The Kier molecular flexibility index (Phi) is 7.90. The van der Waals surface area contributed by atoms with Gasteiger partial charge < -0.3 is 4.74 Å². The topological polar surface area (TPSA) is 101 Å². The molecule has 3 aromatic rings. The summed E-state index contributed by atoms with van der Waals surface area (Å²) in [7, 11) is -2.02. The molecule has 0 fully saturated rings. The van der Waals surface area contributed by atoms with Crippen LogP contribution in [-0.2, 0) is 10.0 Å². The number of hydrogen-bond donors (Lipinski definition) is 0. The van der Waals surface area contributed by atoms with Crippen molar-refractivity contribution in [1.82, 2.24) is 19.1 Å². The molecule has 0 saturated carbocycles. The number of benzene rings is 2. The molecule has 3 rings (SSSR count). The summed E-state index contributed by atoms with van der Waals surface area (Å²) in [5.74, 6) is 1.75. The van der Waals surface area contributed by atoms with E-state index in [4.69, 9.17) is 10.00 Å². The van der Waals surface area contributed by atoms with Crippen LogP contribution in [0.25, 0.3) is 17.1 Å². The van der Waals surface area contributed by atoms with Gasteiger partial charge in [0.25, 0.3) is 0 Å². The molecule has 1 heterocycles. The third-order valence-corrected chi connectivity index (χ3v) is 7.80. The summed E-state index contributed by atoms with van der Waals surface area (Å²) < 4.78 is 34.7. The van der Waals surface area contributed by atoms with Crippen molar-refractivity contribution in [3.05, 3.63) is 48.5 Å². The molecule has 0 saturated heterocycles. The molecule has 0 aliphatic rings. The molecule has 0 aliphatic carbocycles. The van der Waals surface area contributed by atoms with Gasteiger partial charge in [-0.1, -0.05) is 43.8 Å². The quantitative estimate of drug-likeness (QED) is 0.326. The van der Waals surface area contributed by atoms with Gasteiger partial charge in [-0.15, -0.1) is 10.2 Å². The van der Waals surface area contributed by atoms with Crippen LogP contribution < -0.4 is 4.74 Å². The minimum atomic E-state index is -3.62. The summed E-state index contributed by atoms with van der Waals surface area (Å²) in [6, 6.07) is 16.3. The van der Waals surface area contributed by atoms with Gasteiger partial charge in [0.05, 0.1) is 23.8 Å². The smallest absolute Gasteiger partial charge is 0.243 e. The fourth-order valence-electron chi connectivity index (χ4n) is 3.23. The van der Waals surface area contributed by atoms with E-state index in [-0.39, 0.29) is 4.90 Å². The fourth-order valence-corrected chi connectivity index (χ4v) is 5.53. The van der Waals surface area contributed by atoms with Crippen LogP contribution >= 0.6 is 11.8 Å². The van der Waals surface area contributed by atoms with Gasteiger partial charge in [-0.05, 0) is 24.3 Å². The van der Waals surface area contributed by atoms with E-state index in [1.165, 1.54) is 16.1 Å². The minimum Gasteiger partial charge on any atom is -0.497 e. The summed E-state index contributed by atoms with van der Waals surface area (Å²) in [6.07, 6.45) is 0.378. The van der Waals surface area contributed by atoms with Crippen LogP contribution in [0.1, 0.15) is 20.3 Å². The predicted molar refractivity (Wildman–Crippen MR) is 124 cm³/mol. The van der Waals surface area contributed by atoms with Crippen molar-refractivity contribution in [2.75, 3.05) is 26.0 Å². The van der Waals surface area contributed by atoms with Crippen LogP contribution in [0.2, 0.25) is 0 Å². The standard InChI is InChI=1S/C22H25N5O3S2/c1-4-26(5-2)32(28,29)20-12-6-9-17(15-20)21-24-25-22(31-14-8-13-23)27(21)18-10-7-11-19(16-18)30-3/h6-7,9-12,15-16H,4-5,8,14H2,1-3H3. The first-order valence-electron chi connectivity index (χ1n) is 10.2. The highest BCUT2D eigenvalue weighted by molar-refractivity contribution is 7.99. The number of rotatable bonds is 10. The fraction of sp³-hybridized carbons (Fsp3) is 0.318. The van der Waals surface area contributed by atoms with Gasteiger partial charge in [0.1, 0.15) is 5.75 Å². The lowest BCUT2D eigenvalue weighted by atomic mass is 10.2. The number of sulfonamides is 1. The molecule has 168 valence electrons. The lowest BCUT2D eigenvalue weighted by molar-refractivity contribution is 0.414. The maximum atomic E-state index is 13.0. The largest absolute Gasteiger partial charge is 0.497 e. The van der Waals surface area contributed by atoms with Crippen molar-refractivity contribution in [3.63, 3.8) is 0 Å². The average molecular weight is 472 g/mol. The molecule has 0 spiro atoms. The van der Waals surface area contributed by atoms with E-state index in [1.807, 2.05) is 48.7 Å². The Bertz CT molecular complexity index is 1210. The van der Waals surface area contributed by atoms with E-state index >= 15 is 0 Å². The van der Waals surface area contributed by atoms with Crippen LogP contribution in [0.3, 0.4) is 0 Å². The van der Waals surface area contributed by atoms with Crippen molar-refractivity contribution in [3.8, 4) is 28.9 Å². The molecule has 2 aromatic carbocycles. The summed E-state index contributed by atoms with van der Waals surface area (Å²) in [5, 5.41) is 18.2. The third-order valence-electron chi connectivity index (χ3n) is 4.83. The summed E-state index contributed by atoms with van der Waals surface area (Å²) in [6.45, 7) is 4.41. The van der Waals surface area contributed by atoms with Crippen LogP contribution in [0.15, 0.2) is 58.6 Å². The van der Waals surface area contributed by atoms with Crippen LogP contribution in [0.4, 0.5) is 0 Å². The molecule has 0 N–H and O–H groups in total. The summed E-state index contributed by atoms with van der Waals surface area (Å²) >= 11 is 1.42. The number of hydrogen-bond acceptors (Lipinski definition) is 7. The molecule has 0 atom stereocenters. The first-order chi connectivity index (χ1) is 15.5. The summed E-state index contributed by atoms with van der Waals surface area (Å²) in [5.41, 5.74) is 1.40. The predicted octanol–water partition coefficient (Wildman–Crippen LogP) is 3.98. The minimum absolute atomic E-state index is 0.206. The molecule has 0 bridgehead atoms. The average Bonchev–Trinajstić information content (AvgIpc) is 3.24. The summed E-state index contributed by atoms with van der Waals surface area (Å²) in [4.78, 5) is 0.206. The van der Waals surface area contributed by atoms with Crippen molar-refractivity contribution < 1.29 is 13.2 Å². The van der Waals surface area contributed by atoms with Crippen LogP contribution in [0.5, 0.6) is 5.75 Å². The van der Waals surface area contributed by atoms with Crippen LogP contribution in [-0.4, -0.2) is 53.4 Å². The molecule has 0 amide bonds. The van der Waals surface area contributed by atoms with Gasteiger partial charge in [0.15, 0.2) is 11.0 Å². The maximum Gasteiger partial charge on any atom is 0.243 e. The lowest BCUT2D eigenvalue weighted by Gasteiger charge is -2.19. The molecular weight excluding hydrogens is 446 g/mol. The molecule has 8 nitrogen and oxygen atoms in total. The van der Waals surface area contributed by atoms with Crippen molar-refractivity contribution in [2.45, 2.75) is 30.3 Å². The molecular formula is C22H25N5O3S2. The Morgan fingerprint density at radius 2 is 1.88 bits per heavy atom. The number of thioether (sulfide) groups is 1. The van der Waals surface area contributed by atoms with Gasteiger partial charge in [-0.25, -0.2) is 8.42 Å². The van der Waals surface area contributed by atoms with E-state index in [0.29, 0.717) is 47.6 Å². The van der Waals surface area contributed by atoms with Crippen molar-refractivity contribution >= 4 is 21.8 Å². The Morgan fingerprint density at radius 3 is 2.56 bits per heavy atom. The zero-order valence-corrected chi connectivity index (χ0v) is 19.9. The zero-order valence-electron chi connectivity index (χ0n) is 18.2. The molecule has 0 unspecified atom stereocenters. The van der Waals surface area contributed by atoms with Crippen molar-refractivity contribution in [1.29, 1.82) is 5.26 Å². The first-order valence-corrected chi connectivity index (χ1v) is 12.6. The lowest BCUT2D eigenvalue weighted by Crippen LogP contribution is -2.30. The molecule has 32 heavy (non-hydrogen) atoms. The molecule has 0 radical (unpaired) electrons. The highest BCUT2D eigenvalue weighted by Gasteiger charge is 2.23. The second-order valence-corrected chi connectivity index (χ2v) is 9.72. The monoisotopic (exact) mass is 471 g/mol. The van der Waals surface area contributed by atoms with E-state index in [9.17, 15) is 8.42 Å². The molecule has 1 aromatic heterocycles. The number of aromatic nitrogens is 3. The highest BCUT2D eigenvalue weighted by atomic mass is 32.2. The Morgan fingerprint density at radius 1 is 1.12 bits per heavy atom. The number of ether oxygens (including phenoxy) is 1. The van der Waals surface area contributed by atoms with E-state index in [1.54, 1.807) is 25.3 Å². The van der Waals surface area contributed by atoms with E-state index < -0.39 is 10.0 Å². The Balaban J connectivity index is 2.13. The molecule has 0 aliphatic heterocycles. The van der Waals surface area contributed by atoms with Gasteiger partial charge in [0.2, 0.25) is 10.0 Å². The van der Waals surface area contributed by atoms with E-state index in [2.05, 4.69) is 16.3 Å². The van der Waals surface area contributed by atoms with Gasteiger partial charge in [-0.3, -0.25) is 4.57 Å². The SMILES string of the molecule is CCN(CC)S(=O)(=O)c1cccc(-c2nnc(SCCC#N)n2-c2cccc(OC)c2)c1. The van der Waals surface area contributed by atoms with Gasteiger partial charge >= 0.3 is 0 Å². The maximum absolute atomic E-state index is 13.0. The van der Waals surface area contributed by atoms with Gasteiger partial charge in [-0.2, -0.15) is 9.57 Å². The normalized spacial score (nSPS) is 11.5. The number of nitriles is 1. The Labute approximate surface area is 192 Å². The van der Waals surface area contributed by atoms with Crippen LogP contribution in [0, 0.1) is 11.3 Å². The zero-order chi connectivity index (χ0) is 23.1. The van der Waals surface area contributed by atoms with Crippen molar-refractivity contribution in [2.24, 2.45) is 0 Å². The first kappa shape index (κ1) is 23.8. The number of nitrogens with zero attached hydrogens (tertiary/aromatic N) is 5. The second-order valence-electron chi connectivity index (χ2n) is 6.72. The molecule has 10 heteroatoms. The number of methoxy groups -OCH3 is 1. The Hall–Kier alpha value is -2.87. The van der Waals surface area contributed by atoms with E-state index in [0.717, 1.165) is 5.69 Å². The highest BCUT2D eigenvalue weighted by Crippen LogP contribution is 2.31. The second kappa shape index (κ2) is 10.6. The third kappa shape index (κ3) is 4.96. The van der Waals surface area contributed by atoms with Gasteiger partial charge in [0, 0.05) is 36.9 Å².